The fraction of sp³-hybridized carbons (Fsp3) is 0.350. The maximum absolute atomic E-state index is 13.3. The first-order valence-electron chi connectivity index (χ1n) is 8.76. The van der Waals surface area contributed by atoms with E-state index in [4.69, 9.17) is 0 Å². The number of hydrogen-bond acceptors (Lipinski definition) is 3. The van der Waals surface area contributed by atoms with Crippen LogP contribution in [0.4, 0.5) is 4.39 Å². The predicted octanol–water partition coefficient (Wildman–Crippen LogP) is 1.67. The Labute approximate surface area is 156 Å². The van der Waals surface area contributed by atoms with Crippen molar-refractivity contribution in [3.8, 4) is 0 Å². The number of pyridine rings is 1. The van der Waals surface area contributed by atoms with Crippen LogP contribution < -0.4 is 10.9 Å². The lowest BCUT2D eigenvalue weighted by molar-refractivity contribution is -0.128. The molecule has 2 heterocycles. The molecule has 142 valence electrons. The van der Waals surface area contributed by atoms with E-state index in [1.165, 1.54) is 16.7 Å². The van der Waals surface area contributed by atoms with Gasteiger partial charge in [0.15, 0.2) is 0 Å². The van der Waals surface area contributed by atoms with Crippen LogP contribution in [0.2, 0.25) is 0 Å². The number of likely N-dealkylation sites (tertiary alicyclic amines) is 1. The molecule has 6 nitrogen and oxygen atoms in total. The molecule has 2 aromatic rings. The molecule has 0 bridgehead atoms. The third-order valence-corrected chi connectivity index (χ3v) is 4.91. The van der Waals surface area contributed by atoms with Gasteiger partial charge in [0.2, 0.25) is 5.91 Å². The molecular formula is C20H22FN3O3. The average Bonchev–Trinajstić information content (AvgIpc) is 2.92. The molecule has 2 amide bonds. The summed E-state index contributed by atoms with van der Waals surface area (Å²) in [6.07, 6.45) is 0.159. The van der Waals surface area contributed by atoms with Crippen LogP contribution in [-0.4, -0.2) is 33.9 Å². The molecule has 1 aromatic heterocycles. The summed E-state index contributed by atoms with van der Waals surface area (Å²) in [4.78, 5) is 38.9. The maximum atomic E-state index is 13.3. The van der Waals surface area contributed by atoms with Crippen molar-refractivity contribution in [2.45, 2.75) is 32.9 Å². The van der Waals surface area contributed by atoms with Crippen LogP contribution in [0.25, 0.3) is 0 Å². The first-order valence-corrected chi connectivity index (χ1v) is 8.76. The zero-order chi connectivity index (χ0) is 19.7. The number of halogens is 1. The number of rotatable bonds is 4. The van der Waals surface area contributed by atoms with Crippen LogP contribution in [0.5, 0.6) is 0 Å². The lowest BCUT2D eigenvalue weighted by Gasteiger charge is -2.18. The van der Waals surface area contributed by atoms with E-state index in [1.807, 2.05) is 0 Å². The van der Waals surface area contributed by atoms with Gasteiger partial charge in [-0.15, -0.1) is 0 Å². The second-order valence-electron chi connectivity index (χ2n) is 6.99. The van der Waals surface area contributed by atoms with E-state index in [-0.39, 0.29) is 41.9 Å². The third-order valence-electron chi connectivity index (χ3n) is 4.91. The van der Waals surface area contributed by atoms with Gasteiger partial charge in [0, 0.05) is 32.3 Å². The monoisotopic (exact) mass is 371 g/mol. The molecule has 0 radical (unpaired) electrons. The third kappa shape index (κ3) is 3.92. The summed E-state index contributed by atoms with van der Waals surface area (Å²) in [5, 5.41) is 2.79. The van der Waals surface area contributed by atoms with Crippen LogP contribution in [0, 0.1) is 19.7 Å². The zero-order valence-corrected chi connectivity index (χ0v) is 15.6. The van der Waals surface area contributed by atoms with E-state index < -0.39 is 5.91 Å². The number of aryl methyl sites for hydroxylation is 2. The molecule has 0 spiro atoms. The van der Waals surface area contributed by atoms with Crippen molar-refractivity contribution in [2.75, 3.05) is 6.54 Å². The highest BCUT2D eigenvalue weighted by Crippen LogP contribution is 2.16. The average molecular weight is 371 g/mol. The van der Waals surface area contributed by atoms with Gasteiger partial charge < -0.3 is 14.8 Å². The fourth-order valence-electron chi connectivity index (χ4n) is 3.39. The highest BCUT2D eigenvalue weighted by molar-refractivity contribution is 5.96. The molecule has 0 unspecified atom stereocenters. The van der Waals surface area contributed by atoms with E-state index in [2.05, 4.69) is 5.32 Å². The first kappa shape index (κ1) is 18.8. The van der Waals surface area contributed by atoms with Gasteiger partial charge in [-0.3, -0.25) is 14.4 Å². The number of nitrogens with one attached hydrogen (secondary N) is 1. The highest BCUT2D eigenvalue weighted by atomic mass is 19.1. The van der Waals surface area contributed by atoms with E-state index in [0.29, 0.717) is 17.7 Å². The molecule has 1 aliphatic heterocycles. The summed E-state index contributed by atoms with van der Waals surface area (Å²) in [7, 11) is 1.62. The molecule has 0 saturated carbocycles. The first-order chi connectivity index (χ1) is 12.8. The lowest BCUT2D eigenvalue weighted by atomic mass is 10.1. The largest absolute Gasteiger partial charge is 0.347 e. The van der Waals surface area contributed by atoms with Gasteiger partial charge in [0.05, 0.1) is 6.04 Å². The molecule has 1 atom stereocenters. The molecule has 27 heavy (non-hydrogen) atoms. The van der Waals surface area contributed by atoms with Gasteiger partial charge in [0.25, 0.3) is 11.5 Å². The van der Waals surface area contributed by atoms with Crippen molar-refractivity contribution < 1.29 is 14.0 Å². The number of amides is 2. The van der Waals surface area contributed by atoms with Crippen LogP contribution in [0.15, 0.2) is 35.1 Å². The van der Waals surface area contributed by atoms with Gasteiger partial charge in [-0.05, 0) is 43.2 Å². The normalized spacial score (nSPS) is 16.7. The minimum absolute atomic E-state index is 0.0964. The summed E-state index contributed by atoms with van der Waals surface area (Å²) >= 11 is 0. The summed E-state index contributed by atoms with van der Waals surface area (Å²) in [6, 6.07) is 7.49. The molecule has 7 heteroatoms. The number of carbonyl (C=O) groups is 2. The number of nitrogens with zero attached hydrogens (tertiary/aromatic N) is 2. The topological polar surface area (TPSA) is 71.4 Å². The molecule has 1 fully saturated rings. The van der Waals surface area contributed by atoms with Crippen molar-refractivity contribution in [3.05, 3.63) is 68.9 Å². The number of carbonyl (C=O) groups excluding carboxylic acids is 2. The summed E-state index contributed by atoms with van der Waals surface area (Å²) < 4.78 is 14.7. The molecule has 1 saturated heterocycles. The molecule has 1 N–H and O–H groups in total. The van der Waals surface area contributed by atoms with Crippen molar-refractivity contribution in [1.82, 2.24) is 14.8 Å². The molecule has 3 rings (SSSR count). The standard InChI is InChI=1S/C20H22FN3O3/c1-12-7-13(2)23(3)20(27)18(12)19(26)22-16-9-17(25)24(11-16)10-14-5-4-6-15(21)8-14/h4-8,16H,9-11H2,1-3H3,(H,22,26)/t16-/m1/s1. The van der Waals surface area contributed by atoms with E-state index in [9.17, 15) is 18.8 Å². The summed E-state index contributed by atoms with van der Waals surface area (Å²) in [5.74, 6) is -0.939. The van der Waals surface area contributed by atoms with E-state index in [1.54, 1.807) is 44.0 Å². The fourth-order valence-corrected chi connectivity index (χ4v) is 3.39. The van der Waals surface area contributed by atoms with Gasteiger partial charge in [0.1, 0.15) is 11.4 Å². The minimum atomic E-state index is -0.474. The minimum Gasteiger partial charge on any atom is -0.347 e. The molecule has 1 aliphatic rings. The van der Waals surface area contributed by atoms with Gasteiger partial charge in [-0.1, -0.05) is 12.1 Å². The number of hydrogen-bond donors (Lipinski definition) is 1. The van der Waals surface area contributed by atoms with Gasteiger partial charge >= 0.3 is 0 Å². The van der Waals surface area contributed by atoms with Crippen molar-refractivity contribution in [1.29, 1.82) is 0 Å². The Bertz CT molecular complexity index is 967. The lowest BCUT2D eigenvalue weighted by Crippen LogP contribution is -2.41. The quantitative estimate of drug-likeness (QED) is 0.889. The van der Waals surface area contributed by atoms with E-state index >= 15 is 0 Å². The predicted molar refractivity (Wildman–Crippen MR) is 98.8 cm³/mol. The van der Waals surface area contributed by atoms with Gasteiger partial charge in [-0.2, -0.15) is 0 Å². The van der Waals surface area contributed by atoms with Crippen molar-refractivity contribution in [3.63, 3.8) is 0 Å². The second kappa shape index (κ2) is 7.34. The number of aromatic nitrogens is 1. The Morgan fingerprint density at radius 1 is 1.26 bits per heavy atom. The summed E-state index contributed by atoms with van der Waals surface area (Å²) in [5.41, 5.74) is 1.81. The van der Waals surface area contributed by atoms with Crippen molar-refractivity contribution in [2.24, 2.45) is 7.05 Å². The Balaban J connectivity index is 1.71. The Hall–Kier alpha value is -2.96. The Morgan fingerprint density at radius 2 is 2.00 bits per heavy atom. The van der Waals surface area contributed by atoms with Crippen LogP contribution in [0.1, 0.15) is 33.6 Å². The SMILES string of the molecule is Cc1cc(C)n(C)c(=O)c1C(=O)N[C@@H]1CC(=O)N(Cc2cccc(F)c2)C1. The number of benzene rings is 1. The van der Waals surface area contributed by atoms with Crippen LogP contribution in [0.3, 0.4) is 0 Å². The van der Waals surface area contributed by atoms with Crippen LogP contribution in [-0.2, 0) is 18.4 Å². The smallest absolute Gasteiger partial charge is 0.263 e. The summed E-state index contributed by atoms with van der Waals surface area (Å²) in [6.45, 7) is 4.13. The highest BCUT2D eigenvalue weighted by Gasteiger charge is 2.31. The zero-order valence-electron chi connectivity index (χ0n) is 15.6. The van der Waals surface area contributed by atoms with Crippen LogP contribution >= 0.6 is 0 Å². The molecule has 1 aromatic carbocycles. The Kier molecular flexibility index (Phi) is 5.12. The molecular weight excluding hydrogens is 349 g/mol. The van der Waals surface area contributed by atoms with Crippen molar-refractivity contribution >= 4 is 11.8 Å². The van der Waals surface area contributed by atoms with E-state index in [0.717, 1.165) is 5.69 Å². The maximum Gasteiger partial charge on any atom is 0.263 e. The van der Waals surface area contributed by atoms with Gasteiger partial charge in [-0.25, -0.2) is 4.39 Å². The second-order valence-corrected chi connectivity index (χ2v) is 6.99. The molecule has 0 aliphatic carbocycles. The Morgan fingerprint density at radius 3 is 2.70 bits per heavy atom.